The molecule has 6 heteroatoms. The van der Waals surface area contributed by atoms with Crippen molar-refractivity contribution in [1.82, 2.24) is 4.90 Å². The van der Waals surface area contributed by atoms with Crippen molar-refractivity contribution in [2.45, 2.75) is 6.42 Å². The number of nitrogens with two attached hydrogens (primary N) is 1. The Morgan fingerprint density at radius 3 is 2.80 bits per heavy atom. The van der Waals surface area contributed by atoms with Gasteiger partial charge in [0.25, 0.3) is 0 Å². The van der Waals surface area contributed by atoms with Crippen LogP contribution in [0, 0.1) is 11.2 Å². The third kappa shape index (κ3) is 4.18. The maximum atomic E-state index is 13.8. The first-order chi connectivity index (χ1) is 9.66. The number of hydrogen-bond acceptors (Lipinski definition) is 4. The molecule has 1 aromatic rings. The molecule has 0 atom stereocenters. The molecular formula is C14H21FN4O. The molecule has 1 aliphatic heterocycles. The molecular weight excluding hydrogens is 259 g/mol. The summed E-state index contributed by atoms with van der Waals surface area (Å²) >= 11 is 0. The van der Waals surface area contributed by atoms with Crippen LogP contribution in [0.25, 0.3) is 0 Å². The van der Waals surface area contributed by atoms with Crippen molar-refractivity contribution in [3.8, 4) is 0 Å². The van der Waals surface area contributed by atoms with Crippen molar-refractivity contribution in [2.75, 3.05) is 44.7 Å². The fourth-order valence-electron chi connectivity index (χ4n) is 2.18. The van der Waals surface area contributed by atoms with Crippen molar-refractivity contribution in [3.05, 3.63) is 29.6 Å². The van der Waals surface area contributed by atoms with Gasteiger partial charge in [0, 0.05) is 25.2 Å². The summed E-state index contributed by atoms with van der Waals surface area (Å²) in [4.78, 5) is 2.35. The van der Waals surface area contributed by atoms with Crippen LogP contribution >= 0.6 is 0 Å². The molecule has 0 unspecified atom stereocenters. The van der Waals surface area contributed by atoms with Gasteiger partial charge in [0.2, 0.25) is 0 Å². The van der Waals surface area contributed by atoms with Crippen molar-refractivity contribution < 1.29 is 9.13 Å². The number of amidine groups is 1. The number of halogens is 1. The maximum Gasteiger partial charge on any atom is 0.147 e. The first-order valence-corrected chi connectivity index (χ1v) is 6.85. The van der Waals surface area contributed by atoms with Gasteiger partial charge in [-0.05, 0) is 31.2 Å². The van der Waals surface area contributed by atoms with E-state index in [9.17, 15) is 4.39 Å². The van der Waals surface area contributed by atoms with Gasteiger partial charge in [-0.1, -0.05) is 0 Å². The Hall–Kier alpha value is -1.66. The third-order valence-corrected chi connectivity index (χ3v) is 3.35. The van der Waals surface area contributed by atoms with Gasteiger partial charge < -0.3 is 15.8 Å². The van der Waals surface area contributed by atoms with Crippen molar-refractivity contribution >= 4 is 11.5 Å². The maximum absolute atomic E-state index is 13.8. The summed E-state index contributed by atoms with van der Waals surface area (Å²) in [6, 6.07) is 4.56. The van der Waals surface area contributed by atoms with E-state index in [1.165, 1.54) is 6.07 Å². The lowest BCUT2D eigenvalue weighted by atomic mass is 10.2. The second-order valence-electron chi connectivity index (χ2n) is 4.84. The van der Waals surface area contributed by atoms with Gasteiger partial charge in [-0.15, -0.1) is 0 Å². The number of hydrogen-bond donors (Lipinski definition) is 3. The van der Waals surface area contributed by atoms with E-state index in [1.54, 1.807) is 12.1 Å². The molecule has 0 saturated carbocycles. The number of benzene rings is 1. The summed E-state index contributed by atoms with van der Waals surface area (Å²) in [5.41, 5.74) is 6.18. The van der Waals surface area contributed by atoms with Gasteiger partial charge in [0.05, 0.1) is 18.9 Å². The van der Waals surface area contributed by atoms with E-state index in [-0.39, 0.29) is 11.7 Å². The standard InChI is InChI=1S/C14H21FN4O/c15-12-10-11(14(16)17)2-3-13(12)18-4-1-5-19-6-8-20-9-7-19/h2-3,10,18H,1,4-9H2,(H3,16,17). The van der Waals surface area contributed by atoms with Gasteiger partial charge in [-0.2, -0.15) is 0 Å². The molecule has 2 rings (SSSR count). The zero-order valence-electron chi connectivity index (χ0n) is 11.5. The highest BCUT2D eigenvalue weighted by atomic mass is 19.1. The van der Waals surface area contributed by atoms with Crippen molar-refractivity contribution in [3.63, 3.8) is 0 Å². The van der Waals surface area contributed by atoms with Crippen LogP contribution in [0.2, 0.25) is 0 Å². The van der Waals surface area contributed by atoms with Crippen LogP contribution in [0.4, 0.5) is 10.1 Å². The van der Waals surface area contributed by atoms with Crippen LogP contribution in [-0.4, -0.2) is 50.1 Å². The minimum Gasteiger partial charge on any atom is -0.384 e. The molecule has 1 saturated heterocycles. The van der Waals surface area contributed by atoms with E-state index >= 15 is 0 Å². The highest BCUT2D eigenvalue weighted by molar-refractivity contribution is 5.95. The predicted molar refractivity (Wildman–Crippen MR) is 77.8 cm³/mol. The summed E-state index contributed by atoms with van der Waals surface area (Å²) < 4.78 is 19.0. The average molecular weight is 280 g/mol. The van der Waals surface area contributed by atoms with Crippen LogP contribution in [0.1, 0.15) is 12.0 Å². The first kappa shape index (κ1) is 14.7. The lowest BCUT2D eigenvalue weighted by molar-refractivity contribution is 0.0378. The molecule has 1 fully saturated rings. The monoisotopic (exact) mass is 280 g/mol. The Kier molecular flexibility index (Phi) is 5.31. The van der Waals surface area contributed by atoms with Gasteiger partial charge >= 0.3 is 0 Å². The molecule has 0 aromatic heterocycles. The van der Waals surface area contributed by atoms with Gasteiger partial charge in [0.15, 0.2) is 0 Å². The molecule has 0 amide bonds. The summed E-state index contributed by atoms with van der Waals surface area (Å²) in [6.45, 7) is 5.25. The van der Waals surface area contributed by atoms with E-state index < -0.39 is 0 Å². The Morgan fingerprint density at radius 1 is 1.40 bits per heavy atom. The minimum absolute atomic E-state index is 0.122. The molecule has 1 heterocycles. The molecule has 20 heavy (non-hydrogen) atoms. The number of nitrogens with one attached hydrogen (secondary N) is 2. The summed E-state index contributed by atoms with van der Waals surface area (Å²) in [6.07, 6.45) is 0.952. The Balaban J connectivity index is 1.74. The number of ether oxygens (including phenoxy) is 1. The lowest BCUT2D eigenvalue weighted by Gasteiger charge is -2.26. The van der Waals surface area contributed by atoms with E-state index in [0.717, 1.165) is 39.3 Å². The quantitative estimate of drug-likeness (QED) is 0.416. The highest BCUT2D eigenvalue weighted by Crippen LogP contribution is 2.15. The molecule has 4 N–H and O–H groups in total. The fourth-order valence-corrected chi connectivity index (χ4v) is 2.18. The summed E-state index contributed by atoms with van der Waals surface area (Å²) in [5.74, 6) is -0.494. The lowest BCUT2D eigenvalue weighted by Crippen LogP contribution is -2.37. The van der Waals surface area contributed by atoms with Gasteiger partial charge in [-0.3, -0.25) is 10.3 Å². The normalized spacial score (nSPS) is 16.1. The molecule has 0 aliphatic carbocycles. The van der Waals surface area contributed by atoms with Crippen LogP contribution < -0.4 is 11.1 Å². The summed E-state index contributed by atoms with van der Waals surface area (Å²) in [5, 5.41) is 10.3. The minimum atomic E-state index is -0.371. The van der Waals surface area contributed by atoms with E-state index in [2.05, 4.69) is 10.2 Å². The predicted octanol–water partition coefficient (Wildman–Crippen LogP) is 1.24. The zero-order valence-corrected chi connectivity index (χ0v) is 11.5. The van der Waals surface area contributed by atoms with E-state index in [1.807, 2.05) is 0 Å². The molecule has 5 nitrogen and oxygen atoms in total. The Bertz CT molecular complexity index is 460. The van der Waals surface area contributed by atoms with Crippen LogP contribution in [-0.2, 0) is 4.74 Å². The SMILES string of the molecule is N=C(N)c1ccc(NCCCN2CCOCC2)c(F)c1. The Morgan fingerprint density at radius 2 is 2.15 bits per heavy atom. The fraction of sp³-hybridized carbons (Fsp3) is 0.500. The molecule has 0 bridgehead atoms. The van der Waals surface area contributed by atoms with Crippen molar-refractivity contribution in [2.24, 2.45) is 5.73 Å². The van der Waals surface area contributed by atoms with Crippen LogP contribution in [0.15, 0.2) is 18.2 Å². The summed E-state index contributed by atoms with van der Waals surface area (Å²) in [7, 11) is 0. The topological polar surface area (TPSA) is 74.4 Å². The van der Waals surface area contributed by atoms with E-state index in [4.69, 9.17) is 15.9 Å². The molecule has 1 aromatic carbocycles. The van der Waals surface area contributed by atoms with Gasteiger partial charge in [0.1, 0.15) is 11.7 Å². The molecule has 0 spiro atoms. The molecule has 110 valence electrons. The zero-order chi connectivity index (χ0) is 14.4. The van der Waals surface area contributed by atoms with Gasteiger partial charge in [-0.25, -0.2) is 4.39 Å². The largest absolute Gasteiger partial charge is 0.384 e. The number of anilines is 1. The second-order valence-corrected chi connectivity index (χ2v) is 4.84. The van der Waals surface area contributed by atoms with Crippen LogP contribution in [0.3, 0.4) is 0 Å². The van der Waals surface area contributed by atoms with Crippen molar-refractivity contribution in [1.29, 1.82) is 5.41 Å². The Labute approximate surface area is 118 Å². The number of morpholine rings is 1. The number of rotatable bonds is 6. The van der Waals surface area contributed by atoms with E-state index in [0.29, 0.717) is 17.8 Å². The number of nitrogens with zero attached hydrogens (tertiary/aromatic N) is 1. The molecule has 1 aliphatic rings. The molecule has 0 radical (unpaired) electrons. The number of nitrogen functional groups attached to an aromatic ring is 1. The van der Waals surface area contributed by atoms with Crippen LogP contribution in [0.5, 0.6) is 0 Å². The first-order valence-electron chi connectivity index (χ1n) is 6.85. The smallest absolute Gasteiger partial charge is 0.147 e. The third-order valence-electron chi connectivity index (χ3n) is 3.35. The second kappa shape index (κ2) is 7.21. The highest BCUT2D eigenvalue weighted by Gasteiger charge is 2.09. The average Bonchev–Trinajstić information content (AvgIpc) is 2.46.